The Hall–Kier alpha value is -1.34. The Morgan fingerprint density at radius 3 is 1.38 bits per heavy atom. The Morgan fingerprint density at radius 1 is 0.692 bits per heavy atom. The van der Waals surface area contributed by atoms with Crippen molar-refractivity contribution in [3.8, 4) is 0 Å². The second-order valence-corrected chi connectivity index (χ2v) is 9.39. The predicted octanol–water partition coefficient (Wildman–Crippen LogP) is 3.54. The molecule has 2 N–H and O–H groups in total. The molecular weight excluding hydrogens is 364 g/mol. The Bertz CT molecular complexity index is 708. The maximum absolute atomic E-state index is 12.7. The van der Waals surface area contributed by atoms with Gasteiger partial charge >= 0.3 is 0 Å². The molecule has 2 aromatic rings. The molecule has 3 rings (SSSR count). The molecule has 1 fully saturated rings. The van der Waals surface area contributed by atoms with E-state index in [9.17, 15) is 8.42 Å². The van der Waals surface area contributed by atoms with Gasteiger partial charge in [-0.05, 0) is 51.0 Å². The highest BCUT2D eigenvalue weighted by molar-refractivity contribution is 7.83. The molecule has 1 aliphatic carbocycles. The molecule has 4 nitrogen and oxygen atoms in total. The minimum Gasteiger partial charge on any atom is -0.237 e. The second kappa shape index (κ2) is 9.04. The molecule has 0 aliphatic heterocycles. The van der Waals surface area contributed by atoms with Gasteiger partial charge in [0, 0.05) is 12.1 Å². The monoisotopic (exact) mass is 390 g/mol. The summed E-state index contributed by atoms with van der Waals surface area (Å²) < 4.78 is 31.8. The third kappa shape index (κ3) is 5.10. The summed E-state index contributed by atoms with van der Waals surface area (Å²) in [6, 6.07) is 15.6. The maximum atomic E-state index is 12.7. The molecule has 4 atom stereocenters. The fourth-order valence-electron chi connectivity index (χ4n) is 3.15. The lowest BCUT2D eigenvalue weighted by Gasteiger charge is -2.32. The lowest BCUT2D eigenvalue weighted by Crippen LogP contribution is -2.50. The van der Waals surface area contributed by atoms with E-state index >= 15 is 0 Å². The summed E-state index contributed by atoms with van der Waals surface area (Å²) in [6.45, 7) is 4.03. The third-order valence-electron chi connectivity index (χ3n) is 4.75. The van der Waals surface area contributed by atoms with Crippen molar-refractivity contribution in [2.75, 3.05) is 0 Å². The van der Waals surface area contributed by atoms with E-state index in [1.165, 1.54) is 0 Å². The van der Waals surface area contributed by atoms with Crippen LogP contribution in [0.5, 0.6) is 0 Å². The second-order valence-electron chi connectivity index (χ2n) is 6.90. The zero-order valence-corrected chi connectivity index (χ0v) is 16.9. The van der Waals surface area contributed by atoms with Gasteiger partial charge in [0.1, 0.15) is 22.0 Å². The smallest absolute Gasteiger partial charge is 0.125 e. The zero-order valence-electron chi connectivity index (χ0n) is 15.2. The highest BCUT2D eigenvalue weighted by Crippen LogP contribution is 2.21. The van der Waals surface area contributed by atoms with E-state index in [0.29, 0.717) is 0 Å². The molecule has 2 unspecified atom stereocenters. The van der Waals surface area contributed by atoms with Crippen molar-refractivity contribution in [3.63, 3.8) is 0 Å². The zero-order chi connectivity index (χ0) is 18.5. The fourth-order valence-corrected chi connectivity index (χ4v) is 5.30. The van der Waals surface area contributed by atoms with E-state index in [4.69, 9.17) is 0 Å². The minimum atomic E-state index is -1.26. The fraction of sp³-hybridized carbons (Fsp3) is 0.400. The van der Waals surface area contributed by atoms with Gasteiger partial charge in [-0.3, -0.25) is 0 Å². The highest BCUT2D eigenvalue weighted by atomic mass is 32.2. The minimum absolute atomic E-state index is 0.0419. The molecule has 0 bridgehead atoms. The first-order valence-corrected chi connectivity index (χ1v) is 11.3. The van der Waals surface area contributed by atoms with Crippen molar-refractivity contribution in [1.29, 1.82) is 0 Å². The number of aryl methyl sites for hydroxylation is 2. The van der Waals surface area contributed by atoms with Gasteiger partial charge in [-0.1, -0.05) is 48.2 Å². The summed E-state index contributed by atoms with van der Waals surface area (Å²) in [5, 5.41) is 0. The van der Waals surface area contributed by atoms with E-state index in [1.54, 1.807) is 0 Å². The molecule has 0 spiro atoms. The van der Waals surface area contributed by atoms with Crippen molar-refractivity contribution in [2.24, 2.45) is 0 Å². The Labute approximate surface area is 161 Å². The van der Waals surface area contributed by atoms with Crippen LogP contribution in [0.2, 0.25) is 0 Å². The molecular formula is C20H26N2O2S2. The van der Waals surface area contributed by atoms with Gasteiger partial charge < -0.3 is 0 Å². The van der Waals surface area contributed by atoms with Crippen molar-refractivity contribution in [2.45, 2.75) is 61.4 Å². The molecule has 0 amide bonds. The van der Waals surface area contributed by atoms with Crippen LogP contribution in [0.4, 0.5) is 0 Å². The van der Waals surface area contributed by atoms with Crippen LogP contribution in [0.3, 0.4) is 0 Å². The van der Waals surface area contributed by atoms with E-state index in [-0.39, 0.29) is 12.1 Å². The first-order valence-electron chi connectivity index (χ1n) is 9.02. The number of rotatable bonds is 6. The van der Waals surface area contributed by atoms with E-state index in [0.717, 1.165) is 46.6 Å². The summed E-state index contributed by atoms with van der Waals surface area (Å²) in [4.78, 5) is 1.55. The molecule has 1 aliphatic rings. The third-order valence-corrected chi connectivity index (χ3v) is 7.19. The maximum Gasteiger partial charge on any atom is 0.125 e. The van der Waals surface area contributed by atoms with Gasteiger partial charge in [0.2, 0.25) is 0 Å². The molecule has 1 saturated carbocycles. The van der Waals surface area contributed by atoms with Gasteiger partial charge in [-0.25, -0.2) is 17.9 Å². The van der Waals surface area contributed by atoms with Gasteiger partial charge in [-0.2, -0.15) is 0 Å². The van der Waals surface area contributed by atoms with Gasteiger partial charge in [0.25, 0.3) is 0 Å². The summed E-state index contributed by atoms with van der Waals surface area (Å²) >= 11 is 0. The van der Waals surface area contributed by atoms with Crippen molar-refractivity contribution < 1.29 is 8.42 Å². The number of hydrogen-bond acceptors (Lipinski definition) is 2. The molecule has 2 aromatic carbocycles. The highest BCUT2D eigenvalue weighted by Gasteiger charge is 2.28. The Balaban J connectivity index is 1.65. The van der Waals surface area contributed by atoms with E-state index in [1.807, 2.05) is 62.4 Å². The SMILES string of the molecule is Cc1ccc(S(=O)N[C@@H]2CCCC[C@H]2NS(=O)c2ccc(C)cc2)cc1. The molecule has 0 aromatic heterocycles. The summed E-state index contributed by atoms with van der Waals surface area (Å²) in [5.41, 5.74) is 2.30. The molecule has 0 heterocycles. The average molecular weight is 391 g/mol. The van der Waals surface area contributed by atoms with Crippen LogP contribution in [-0.2, 0) is 22.0 Å². The first-order chi connectivity index (χ1) is 12.5. The Morgan fingerprint density at radius 2 is 1.04 bits per heavy atom. The van der Waals surface area contributed by atoms with Gasteiger partial charge in [0.15, 0.2) is 0 Å². The lowest BCUT2D eigenvalue weighted by molar-refractivity contribution is 0.348. The first kappa shape index (κ1) is 19.4. The van der Waals surface area contributed by atoms with Crippen molar-refractivity contribution in [1.82, 2.24) is 9.44 Å². The summed E-state index contributed by atoms with van der Waals surface area (Å²) in [5.74, 6) is 0. The van der Waals surface area contributed by atoms with Crippen LogP contribution in [-0.4, -0.2) is 20.5 Å². The van der Waals surface area contributed by atoms with Crippen LogP contribution in [0, 0.1) is 13.8 Å². The quantitative estimate of drug-likeness (QED) is 0.793. The van der Waals surface area contributed by atoms with Crippen molar-refractivity contribution in [3.05, 3.63) is 59.7 Å². The number of benzene rings is 2. The Kier molecular flexibility index (Phi) is 6.75. The van der Waals surface area contributed by atoms with Gasteiger partial charge in [0.05, 0.1) is 9.79 Å². The standard InChI is InChI=1S/C20H26N2O2S2/c1-15-7-11-17(12-8-15)25(23)21-19-5-3-4-6-20(19)22-26(24)18-13-9-16(2)10-14-18/h7-14,19-22H,3-6H2,1-2H3/t19-,20-,25?,26?/m1/s1. The molecule has 0 radical (unpaired) electrons. The van der Waals surface area contributed by atoms with Crippen LogP contribution in [0.25, 0.3) is 0 Å². The van der Waals surface area contributed by atoms with Crippen LogP contribution < -0.4 is 9.44 Å². The topological polar surface area (TPSA) is 58.2 Å². The number of nitrogens with one attached hydrogen (secondary N) is 2. The summed E-state index contributed by atoms with van der Waals surface area (Å²) in [7, 11) is -2.52. The lowest BCUT2D eigenvalue weighted by atomic mass is 9.92. The molecule has 26 heavy (non-hydrogen) atoms. The van der Waals surface area contributed by atoms with E-state index in [2.05, 4.69) is 9.44 Å². The van der Waals surface area contributed by atoms with Crippen molar-refractivity contribution >= 4 is 22.0 Å². The van der Waals surface area contributed by atoms with Crippen LogP contribution in [0.1, 0.15) is 36.8 Å². The summed E-state index contributed by atoms with van der Waals surface area (Å²) in [6.07, 6.45) is 4.05. The van der Waals surface area contributed by atoms with Gasteiger partial charge in [-0.15, -0.1) is 0 Å². The van der Waals surface area contributed by atoms with E-state index < -0.39 is 22.0 Å². The molecule has 0 saturated heterocycles. The predicted molar refractivity (Wildman–Crippen MR) is 107 cm³/mol. The number of hydrogen-bond donors (Lipinski definition) is 2. The van der Waals surface area contributed by atoms with Crippen LogP contribution >= 0.6 is 0 Å². The average Bonchev–Trinajstić information content (AvgIpc) is 2.64. The normalized spacial score (nSPS) is 22.7. The largest absolute Gasteiger partial charge is 0.237 e. The molecule has 140 valence electrons. The molecule has 6 heteroatoms. The van der Waals surface area contributed by atoms with Crippen LogP contribution in [0.15, 0.2) is 58.3 Å².